The molecular weight excluding hydrogens is 172 g/mol. The number of hydrogen-bond donors (Lipinski definition) is 2. The van der Waals surface area contributed by atoms with Crippen molar-refractivity contribution in [3.05, 3.63) is 24.3 Å². The van der Waals surface area contributed by atoms with Crippen molar-refractivity contribution in [1.82, 2.24) is 5.32 Å². The Morgan fingerprint density at radius 1 is 1.36 bits per heavy atom. The van der Waals surface area contributed by atoms with E-state index in [0.717, 1.165) is 13.0 Å². The molecule has 0 aromatic carbocycles. The van der Waals surface area contributed by atoms with E-state index in [9.17, 15) is 0 Å². The molecule has 0 fully saturated rings. The summed E-state index contributed by atoms with van der Waals surface area (Å²) in [6.45, 7) is 6.01. The number of hydrogen-bond acceptors (Lipinski definition) is 2. The lowest BCUT2D eigenvalue weighted by molar-refractivity contribution is 0.512. The van der Waals surface area contributed by atoms with Gasteiger partial charge in [0.25, 0.3) is 0 Å². The van der Waals surface area contributed by atoms with E-state index in [1.807, 2.05) is 19.1 Å². The monoisotopic (exact) mass is 196 g/mol. The average molecular weight is 196 g/mol. The molecule has 0 aromatic heterocycles. The van der Waals surface area contributed by atoms with Gasteiger partial charge in [0.15, 0.2) is 0 Å². The summed E-state index contributed by atoms with van der Waals surface area (Å²) in [7, 11) is 0. The maximum Gasteiger partial charge on any atom is 0.0224 e. The predicted octanol–water partition coefficient (Wildman–Crippen LogP) is 2.23. The van der Waals surface area contributed by atoms with E-state index in [4.69, 9.17) is 5.73 Å². The van der Waals surface area contributed by atoms with E-state index in [0.29, 0.717) is 12.6 Å². The van der Waals surface area contributed by atoms with E-state index >= 15 is 0 Å². The molecule has 1 unspecified atom stereocenters. The zero-order chi connectivity index (χ0) is 10.6. The van der Waals surface area contributed by atoms with Gasteiger partial charge in [0.2, 0.25) is 0 Å². The van der Waals surface area contributed by atoms with Gasteiger partial charge < -0.3 is 11.1 Å². The summed E-state index contributed by atoms with van der Waals surface area (Å²) in [4.78, 5) is 0. The Balaban J connectivity index is 3.57. The standard InChI is InChI=1S/C12H24N2/c1-3-5-7-8-9-12(11-13)14-10-6-4-2/h3,5,7-8,12,14H,4,6,9-11,13H2,1-2H3/b5-3-,8-7-. The Bertz CT molecular complexity index is 162. The van der Waals surface area contributed by atoms with Crippen molar-refractivity contribution in [1.29, 1.82) is 0 Å². The largest absolute Gasteiger partial charge is 0.329 e. The van der Waals surface area contributed by atoms with Gasteiger partial charge in [-0.05, 0) is 26.3 Å². The van der Waals surface area contributed by atoms with Crippen LogP contribution in [-0.4, -0.2) is 19.1 Å². The lowest BCUT2D eigenvalue weighted by Crippen LogP contribution is -2.36. The Morgan fingerprint density at radius 3 is 2.71 bits per heavy atom. The van der Waals surface area contributed by atoms with Gasteiger partial charge in [-0.3, -0.25) is 0 Å². The number of unbranched alkanes of at least 4 members (excludes halogenated alkanes) is 1. The summed E-state index contributed by atoms with van der Waals surface area (Å²) in [6, 6.07) is 0.433. The van der Waals surface area contributed by atoms with Crippen LogP contribution in [0.1, 0.15) is 33.1 Å². The fourth-order valence-corrected chi connectivity index (χ4v) is 1.18. The quantitative estimate of drug-likeness (QED) is 0.461. The maximum absolute atomic E-state index is 5.66. The summed E-state index contributed by atoms with van der Waals surface area (Å²) in [5, 5.41) is 3.45. The molecule has 82 valence electrons. The molecule has 0 aliphatic heterocycles. The second-order valence-electron chi connectivity index (χ2n) is 3.43. The molecule has 14 heavy (non-hydrogen) atoms. The molecule has 0 saturated carbocycles. The van der Waals surface area contributed by atoms with Crippen LogP contribution in [0.2, 0.25) is 0 Å². The SMILES string of the molecule is C/C=C\C=C/CC(CN)NCCCC. The first-order chi connectivity index (χ1) is 6.85. The van der Waals surface area contributed by atoms with Crippen LogP contribution in [0.15, 0.2) is 24.3 Å². The molecular formula is C12H24N2. The minimum atomic E-state index is 0.433. The van der Waals surface area contributed by atoms with Crippen LogP contribution >= 0.6 is 0 Å². The molecule has 0 aliphatic rings. The number of nitrogens with two attached hydrogens (primary N) is 1. The molecule has 2 heteroatoms. The van der Waals surface area contributed by atoms with Gasteiger partial charge in [0.05, 0.1) is 0 Å². The second kappa shape index (κ2) is 10.5. The van der Waals surface area contributed by atoms with E-state index in [1.54, 1.807) is 0 Å². The van der Waals surface area contributed by atoms with Crippen LogP contribution in [0.25, 0.3) is 0 Å². The zero-order valence-corrected chi connectivity index (χ0v) is 9.50. The summed E-state index contributed by atoms with van der Waals surface area (Å²) >= 11 is 0. The molecule has 0 aromatic rings. The number of nitrogens with one attached hydrogen (secondary N) is 1. The lowest BCUT2D eigenvalue weighted by atomic mass is 10.2. The minimum absolute atomic E-state index is 0.433. The van der Waals surface area contributed by atoms with Gasteiger partial charge in [-0.2, -0.15) is 0 Å². The lowest BCUT2D eigenvalue weighted by Gasteiger charge is -2.14. The highest BCUT2D eigenvalue weighted by molar-refractivity contribution is 5.02. The van der Waals surface area contributed by atoms with Gasteiger partial charge in [0.1, 0.15) is 0 Å². The van der Waals surface area contributed by atoms with Crippen LogP contribution in [0, 0.1) is 0 Å². The molecule has 3 N–H and O–H groups in total. The Hall–Kier alpha value is -0.600. The molecule has 0 amide bonds. The van der Waals surface area contributed by atoms with Crippen LogP contribution in [-0.2, 0) is 0 Å². The van der Waals surface area contributed by atoms with Gasteiger partial charge in [-0.1, -0.05) is 37.6 Å². The van der Waals surface area contributed by atoms with E-state index in [1.165, 1.54) is 12.8 Å². The van der Waals surface area contributed by atoms with Gasteiger partial charge >= 0.3 is 0 Å². The fraction of sp³-hybridized carbons (Fsp3) is 0.667. The second-order valence-corrected chi connectivity index (χ2v) is 3.43. The topological polar surface area (TPSA) is 38.0 Å². The Labute approximate surface area is 88.3 Å². The van der Waals surface area contributed by atoms with Crippen molar-refractivity contribution in [2.75, 3.05) is 13.1 Å². The van der Waals surface area contributed by atoms with Crippen molar-refractivity contribution < 1.29 is 0 Å². The first-order valence-electron chi connectivity index (χ1n) is 5.56. The third-order valence-corrected chi connectivity index (χ3v) is 2.11. The van der Waals surface area contributed by atoms with Crippen molar-refractivity contribution in [3.8, 4) is 0 Å². The zero-order valence-electron chi connectivity index (χ0n) is 9.50. The van der Waals surface area contributed by atoms with Crippen molar-refractivity contribution in [3.63, 3.8) is 0 Å². The highest BCUT2D eigenvalue weighted by Crippen LogP contribution is 1.94. The number of allylic oxidation sites excluding steroid dienone is 3. The molecule has 0 saturated heterocycles. The van der Waals surface area contributed by atoms with Crippen LogP contribution in [0.4, 0.5) is 0 Å². The minimum Gasteiger partial charge on any atom is -0.329 e. The van der Waals surface area contributed by atoms with Crippen LogP contribution < -0.4 is 11.1 Å². The maximum atomic E-state index is 5.66. The first kappa shape index (κ1) is 13.4. The van der Waals surface area contributed by atoms with Crippen LogP contribution in [0.5, 0.6) is 0 Å². The fourth-order valence-electron chi connectivity index (χ4n) is 1.18. The van der Waals surface area contributed by atoms with Crippen molar-refractivity contribution >= 4 is 0 Å². The molecule has 0 bridgehead atoms. The van der Waals surface area contributed by atoms with E-state index < -0.39 is 0 Å². The molecule has 2 nitrogen and oxygen atoms in total. The Morgan fingerprint density at radius 2 is 2.14 bits per heavy atom. The van der Waals surface area contributed by atoms with Crippen molar-refractivity contribution in [2.45, 2.75) is 39.2 Å². The predicted molar refractivity (Wildman–Crippen MR) is 64.3 cm³/mol. The average Bonchev–Trinajstić information content (AvgIpc) is 2.22. The first-order valence-corrected chi connectivity index (χ1v) is 5.56. The number of rotatable bonds is 8. The van der Waals surface area contributed by atoms with Gasteiger partial charge in [-0.15, -0.1) is 0 Å². The summed E-state index contributed by atoms with van der Waals surface area (Å²) in [5.74, 6) is 0. The molecule has 0 rings (SSSR count). The van der Waals surface area contributed by atoms with Gasteiger partial charge in [-0.25, -0.2) is 0 Å². The van der Waals surface area contributed by atoms with Crippen LogP contribution in [0.3, 0.4) is 0 Å². The molecule has 1 atom stereocenters. The summed E-state index contributed by atoms with van der Waals surface area (Å²) < 4.78 is 0. The summed E-state index contributed by atoms with van der Waals surface area (Å²) in [5.41, 5.74) is 5.66. The van der Waals surface area contributed by atoms with E-state index in [2.05, 4.69) is 24.4 Å². The van der Waals surface area contributed by atoms with E-state index in [-0.39, 0.29) is 0 Å². The van der Waals surface area contributed by atoms with Crippen molar-refractivity contribution in [2.24, 2.45) is 5.73 Å². The summed E-state index contributed by atoms with van der Waals surface area (Å²) in [6.07, 6.45) is 11.8. The Kier molecular flexibility index (Phi) is 10.0. The highest BCUT2D eigenvalue weighted by Gasteiger charge is 2.01. The third kappa shape index (κ3) is 8.02. The third-order valence-electron chi connectivity index (χ3n) is 2.11. The molecule has 0 aliphatic carbocycles. The molecule has 0 heterocycles. The normalized spacial score (nSPS) is 14.2. The smallest absolute Gasteiger partial charge is 0.0224 e. The molecule has 0 spiro atoms. The molecule has 0 radical (unpaired) electrons. The highest BCUT2D eigenvalue weighted by atomic mass is 14.9. The van der Waals surface area contributed by atoms with Gasteiger partial charge in [0, 0.05) is 12.6 Å².